The zero-order chi connectivity index (χ0) is 16.5. The molecule has 1 saturated heterocycles. The molecule has 4 rings (SSSR count). The predicted octanol–water partition coefficient (Wildman–Crippen LogP) is 2.78. The fourth-order valence-corrected chi connectivity index (χ4v) is 4.00. The minimum Gasteiger partial charge on any atom is -0.345 e. The van der Waals surface area contributed by atoms with E-state index in [0.717, 1.165) is 36.4 Å². The van der Waals surface area contributed by atoms with Crippen LogP contribution >= 0.6 is 0 Å². The predicted molar refractivity (Wildman–Crippen MR) is 95.0 cm³/mol. The maximum Gasteiger partial charge on any atom is 0.242 e. The average molecular weight is 324 g/mol. The molecule has 0 N–H and O–H groups in total. The smallest absolute Gasteiger partial charge is 0.242 e. The third-order valence-corrected chi connectivity index (χ3v) is 5.34. The van der Waals surface area contributed by atoms with Crippen LogP contribution in [0.3, 0.4) is 0 Å². The van der Waals surface area contributed by atoms with Gasteiger partial charge in [-0.25, -0.2) is 9.97 Å². The molecule has 1 aliphatic carbocycles. The van der Waals surface area contributed by atoms with Gasteiger partial charge in [0.05, 0.1) is 12.1 Å². The van der Waals surface area contributed by atoms with Gasteiger partial charge in [0.25, 0.3) is 0 Å². The molecule has 1 amide bonds. The Bertz CT molecular complexity index is 754. The summed E-state index contributed by atoms with van der Waals surface area (Å²) in [5, 5.41) is 1.04. The maximum atomic E-state index is 12.6. The van der Waals surface area contributed by atoms with Crippen LogP contribution in [0.25, 0.3) is 10.9 Å². The minimum atomic E-state index is 0.229. The summed E-state index contributed by atoms with van der Waals surface area (Å²) in [5.74, 6) is 1.83. The third-order valence-electron chi connectivity index (χ3n) is 5.34. The van der Waals surface area contributed by atoms with Crippen LogP contribution in [0.2, 0.25) is 0 Å². The second kappa shape index (κ2) is 6.38. The molecule has 5 nitrogen and oxygen atoms in total. The minimum absolute atomic E-state index is 0.229. The van der Waals surface area contributed by atoms with Crippen LogP contribution in [0.5, 0.6) is 0 Å². The molecule has 1 aliphatic heterocycles. The first-order chi connectivity index (χ1) is 11.7. The molecule has 2 aliphatic rings. The molecule has 0 spiro atoms. The lowest BCUT2D eigenvalue weighted by Crippen LogP contribution is -2.51. The highest BCUT2D eigenvalue weighted by atomic mass is 16.2. The first kappa shape index (κ1) is 15.4. The van der Waals surface area contributed by atoms with Gasteiger partial charge in [-0.2, -0.15) is 0 Å². The van der Waals surface area contributed by atoms with Gasteiger partial charge in [-0.1, -0.05) is 24.5 Å². The Balaban J connectivity index is 1.52. The number of aryl methyl sites for hydroxylation is 1. The lowest BCUT2D eigenvalue weighted by molar-refractivity contribution is -0.131. The number of rotatable bonds is 3. The second-order valence-electron chi connectivity index (χ2n) is 7.13. The van der Waals surface area contributed by atoms with Gasteiger partial charge in [-0.15, -0.1) is 0 Å². The highest BCUT2D eigenvalue weighted by Gasteiger charge is 2.28. The van der Waals surface area contributed by atoms with E-state index in [9.17, 15) is 4.79 Å². The first-order valence-electron chi connectivity index (χ1n) is 8.95. The van der Waals surface area contributed by atoms with E-state index in [2.05, 4.69) is 38.8 Å². The number of carbonyl (C=O) groups is 1. The van der Waals surface area contributed by atoms with Crippen molar-refractivity contribution in [2.75, 3.05) is 31.1 Å². The van der Waals surface area contributed by atoms with Crippen LogP contribution in [0.4, 0.5) is 5.82 Å². The summed E-state index contributed by atoms with van der Waals surface area (Å²) in [6, 6.07) is 6.19. The first-order valence-corrected chi connectivity index (χ1v) is 8.95. The third kappa shape index (κ3) is 2.95. The standard InChI is InChI=1S/C19H24N4O/c1-14-6-7-17-16(10-14)19(21-13-20-17)23-9-8-22(18(24)12-23)11-15-4-2-3-5-15/h6-7,10,13,15H,2-5,8-9,11-12H2,1H3. The van der Waals surface area contributed by atoms with Gasteiger partial charge in [-0.05, 0) is 37.8 Å². The van der Waals surface area contributed by atoms with Crippen molar-refractivity contribution in [2.24, 2.45) is 5.92 Å². The van der Waals surface area contributed by atoms with Crippen molar-refractivity contribution in [1.29, 1.82) is 0 Å². The van der Waals surface area contributed by atoms with Crippen LogP contribution in [0.1, 0.15) is 31.2 Å². The fourth-order valence-electron chi connectivity index (χ4n) is 4.00. The molecular weight excluding hydrogens is 300 g/mol. The van der Waals surface area contributed by atoms with E-state index in [1.165, 1.54) is 31.2 Å². The van der Waals surface area contributed by atoms with E-state index in [4.69, 9.17) is 0 Å². The van der Waals surface area contributed by atoms with Gasteiger partial charge in [-0.3, -0.25) is 4.79 Å². The van der Waals surface area contributed by atoms with Gasteiger partial charge in [0, 0.05) is 25.0 Å². The lowest BCUT2D eigenvalue weighted by Gasteiger charge is -2.36. The zero-order valence-corrected chi connectivity index (χ0v) is 14.2. The Hall–Kier alpha value is -2.17. The zero-order valence-electron chi connectivity index (χ0n) is 14.2. The van der Waals surface area contributed by atoms with Crippen molar-refractivity contribution < 1.29 is 4.79 Å². The van der Waals surface area contributed by atoms with Crippen LogP contribution in [-0.4, -0.2) is 47.0 Å². The number of carbonyl (C=O) groups excluding carboxylic acids is 1. The molecule has 0 radical (unpaired) electrons. The van der Waals surface area contributed by atoms with E-state index in [1.807, 2.05) is 6.07 Å². The van der Waals surface area contributed by atoms with E-state index < -0.39 is 0 Å². The molecule has 0 bridgehead atoms. The number of aromatic nitrogens is 2. The van der Waals surface area contributed by atoms with E-state index >= 15 is 0 Å². The lowest BCUT2D eigenvalue weighted by atomic mass is 10.1. The van der Waals surface area contributed by atoms with Gasteiger partial charge >= 0.3 is 0 Å². The topological polar surface area (TPSA) is 49.3 Å². The number of hydrogen-bond acceptors (Lipinski definition) is 4. The number of hydrogen-bond donors (Lipinski definition) is 0. The van der Waals surface area contributed by atoms with E-state index in [0.29, 0.717) is 12.5 Å². The van der Waals surface area contributed by atoms with Crippen LogP contribution in [-0.2, 0) is 4.79 Å². The monoisotopic (exact) mass is 324 g/mol. The Morgan fingerprint density at radius 3 is 2.79 bits per heavy atom. The molecule has 24 heavy (non-hydrogen) atoms. The molecule has 0 atom stereocenters. The largest absolute Gasteiger partial charge is 0.345 e. The average Bonchev–Trinajstić information content (AvgIpc) is 3.09. The summed E-state index contributed by atoms with van der Waals surface area (Å²) in [7, 11) is 0. The van der Waals surface area contributed by atoms with Crippen molar-refractivity contribution in [1.82, 2.24) is 14.9 Å². The number of benzene rings is 1. The summed E-state index contributed by atoms with van der Waals surface area (Å²) in [6.45, 7) is 5.08. The normalized spacial score (nSPS) is 19.5. The molecule has 1 aromatic heterocycles. The Morgan fingerprint density at radius 1 is 1.17 bits per heavy atom. The summed E-state index contributed by atoms with van der Waals surface area (Å²) in [5.41, 5.74) is 2.12. The molecule has 126 valence electrons. The van der Waals surface area contributed by atoms with Crippen molar-refractivity contribution in [3.05, 3.63) is 30.1 Å². The molecule has 1 aromatic carbocycles. The van der Waals surface area contributed by atoms with Crippen molar-refractivity contribution >= 4 is 22.6 Å². The van der Waals surface area contributed by atoms with Crippen molar-refractivity contribution in [2.45, 2.75) is 32.6 Å². The molecule has 2 aromatic rings. The van der Waals surface area contributed by atoms with E-state index in [1.54, 1.807) is 6.33 Å². The van der Waals surface area contributed by atoms with Crippen molar-refractivity contribution in [3.63, 3.8) is 0 Å². The number of nitrogens with zero attached hydrogens (tertiary/aromatic N) is 4. The van der Waals surface area contributed by atoms with Crippen LogP contribution in [0, 0.1) is 12.8 Å². The quantitative estimate of drug-likeness (QED) is 0.871. The van der Waals surface area contributed by atoms with Crippen molar-refractivity contribution in [3.8, 4) is 0 Å². The van der Waals surface area contributed by atoms with Crippen LogP contribution < -0.4 is 4.90 Å². The number of anilines is 1. The highest BCUT2D eigenvalue weighted by Crippen LogP contribution is 2.28. The summed E-state index contributed by atoms with van der Waals surface area (Å²) >= 11 is 0. The van der Waals surface area contributed by atoms with Gasteiger partial charge in [0.15, 0.2) is 0 Å². The number of fused-ring (bicyclic) bond motifs is 1. The molecule has 1 saturated carbocycles. The summed E-state index contributed by atoms with van der Waals surface area (Å²) in [4.78, 5) is 25.6. The summed E-state index contributed by atoms with van der Waals surface area (Å²) in [6.07, 6.45) is 6.81. The molecular formula is C19H24N4O. The van der Waals surface area contributed by atoms with E-state index in [-0.39, 0.29) is 5.91 Å². The Kier molecular flexibility index (Phi) is 4.08. The Labute approximate surface area is 142 Å². The van der Waals surface area contributed by atoms with Gasteiger partial charge in [0.1, 0.15) is 12.1 Å². The highest BCUT2D eigenvalue weighted by molar-refractivity contribution is 5.92. The van der Waals surface area contributed by atoms with Gasteiger partial charge in [0.2, 0.25) is 5.91 Å². The number of amides is 1. The van der Waals surface area contributed by atoms with Crippen LogP contribution in [0.15, 0.2) is 24.5 Å². The fraction of sp³-hybridized carbons (Fsp3) is 0.526. The summed E-state index contributed by atoms with van der Waals surface area (Å²) < 4.78 is 0. The molecule has 2 fully saturated rings. The Morgan fingerprint density at radius 2 is 2.00 bits per heavy atom. The maximum absolute atomic E-state index is 12.6. The number of piperazine rings is 1. The van der Waals surface area contributed by atoms with Gasteiger partial charge < -0.3 is 9.80 Å². The second-order valence-corrected chi connectivity index (χ2v) is 7.13. The molecule has 5 heteroatoms. The molecule has 2 heterocycles. The SMILES string of the molecule is Cc1ccc2ncnc(N3CCN(CC4CCCC4)C(=O)C3)c2c1. The molecule has 0 unspecified atom stereocenters.